The third-order valence-corrected chi connectivity index (χ3v) is 5.40. The summed E-state index contributed by atoms with van der Waals surface area (Å²) in [6.07, 6.45) is 3.15. The summed E-state index contributed by atoms with van der Waals surface area (Å²) < 4.78 is 43.1. The minimum absolute atomic E-state index is 0.00457. The van der Waals surface area contributed by atoms with E-state index in [0.29, 0.717) is 5.56 Å². The average molecular weight is 333 g/mol. The van der Waals surface area contributed by atoms with Crippen molar-refractivity contribution in [1.82, 2.24) is 15.1 Å². The van der Waals surface area contributed by atoms with Gasteiger partial charge in [0.2, 0.25) is 11.7 Å². The third-order valence-electron chi connectivity index (χ3n) is 3.34. The van der Waals surface area contributed by atoms with Crippen molar-refractivity contribution in [3.05, 3.63) is 60.5 Å². The highest BCUT2D eigenvalue weighted by atomic mass is 32.2. The molecule has 0 fully saturated rings. The van der Waals surface area contributed by atoms with E-state index in [0.717, 1.165) is 12.1 Å². The van der Waals surface area contributed by atoms with Gasteiger partial charge in [0.15, 0.2) is 9.84 Å². The van der Waals surface area contributed by atoms with Crippen LogP contribution in [-0.2, 0) is 9.84 Å². The van der Waals surface area contributed by atoms with Gasteiger partial charge in [-0.3, -0.25) is 4.98 Å². The predicted octanol–water partition coefficient (Wildman–Crippen LogP) is 2.81. The molecule has 3 aromatic rings. The molecule has 0 aliphatic heterocycles. The van der Waals surface area contributed by atoms with Crippen LogP contribution in [0.3, 0.4) is 0 Å². The number of halogens is 1. The van der Waals surface area contributed by atoms with E-state index in [1.807, 2.05) is 0 Å². The Kier molecular flexibility index (Phi) is 3.91. The van der Waals surface area contributed by atoms with Gasteiger partial charge in [-0.2, -0.15) is 4.98 Å². The number of rotatable bonds is 4. The summed E-state index contributed by atoms with van der Waals surface area (Å²) in [5, 5.41) is 2.75. The maximum absolute atomic E-state index is 12.9. The van der Waals surface area contributed by atoms with Gasteiger partial charge in [-0.15, -0.1) is 0 Å². The lowest BCUT2D eigenvalue weighted by Crippen LogP contribution is -2.11. The number of hydrogen-bond donors (Lipinski definition) is 0. The zero-order valence-electron chi connectivity index (χ0n) is 12.0. The van der Waals surface area contributed by atoms with Crippen LogP contribution < -0.4 is 0 Å². The summed E-state index contributed by atoms with van der Waals surface area (Å²) in [6, 6.07) is 7.98. The van der Waals surface area contributed by atoms with Gasteiger partial charge >= 0.3 is 0 Å². The van der Waals surface area contributed by atoms with Gasteiger partial charge in [0.1, 0.15) is 11.1 Å². The Bertz CT molecular complexity index is 909. The van der Waals surface area contributed by atoms with Crippen molar-refractivity contribution in [3.63, 3.8) is 0 Å². The van der Waals surface area contributed by atoms with E-state index in [9.17, 15) is 12.8 Å². The van der Waals surface area contributed by atoms with Gasteiger partial charge in [0.05, 0.1) is 4.90 Å². The first-order valence-electron chi connectivity index (χ1n) is 6.72. The second-order valence-electron chi connectivity index (χ2n) is 4.83. The van der Waals surface area contributed by atoms with E-state index in [1.165, 1.54) is 19.1 Å². The lowest BCUT2D eigenvalue weighted by atomic mass is 10.2. The first-order valence-corrected chi connectivity index (χ1v) is 8.26. The molecule has 0 N–H and O–H groups in total. The minimum Gasteiger partial charge on any atom is -0.338 e. The Morgan fingerprint density at radius 1 is 1.09 bits per heavy atom. The standard InChI is InChI=1S/C15H12FN3O3S/c1-10(23(20,21)13-4-2-12(16)3-5-13)15-18-14(19-22-15)11-6-8-17-9-7-11/h2-10H,1H3/t10-/m0/s1. The molecule has 2 heterocycles. The molecule has 6 nitrogen and oxygen atoms in total. The third kappa shape index (κ3) is 2.98. The van der Waals surface area contributed by atoms with Crippen molar-refractivity contribution in [1.29, 1.82) is 0 Å². The topological polar surface area (TPSA) is 85.9 Å². The number of sulfone groups is 1. The summed E-state index contributed by atoms with van der Waals surface area (Å²) in [4.78, 5) is 8.01. The van der Waals surface area contributed by atoms with E-state index < -0.39 is 20.9 Å². The molecule has 0 aliphatic carbocycles. The average Bonchev–Trinajstić information content (AvgIpc) is 3.05. The summed E-state index contributed by atoms with van der Waals surface area (Å²) in [5.41, 5.74) is 0.668. The zero-order chi connectivity index (χ0) is 16.4. The Morgan fingerprint density at radius 3 is 2.39 bits per heavy atom. The number of pyridine rings is 1. The summed E-state index contributed by atoms with van der Waals surface area (Å²) in [6.45, 7) is 1.45. The molecule has 0 amide bonds. The van der Waals surface area contributed by atoms with Crippen LogP contribution in [-0.4, -0.2) is 23.5 Å². The molecule has 3 rings (SSSR count). The van der Waals surface area contributed by atoms with Gasteiger partial charge in [-0.1, -0.05) is 5.16 Å². The van der Waals surface area contributed by atoms with E-state index >= 15 is 0 Å². The van der Waals surface area contributed by atoms with Crippen molar-refractivity contribution in [2.75, 3.05) is 0 Å². The van der Waals surface area contributed by atoms with Crippen LogP contribution in [0.2, 0.25) is 0 Å². The van der Waals surface area contributed by atoms with Crippen molar-refractivity contribution < 1.29 is 17.3 Å². The fraction of sp³-hybridized carbons (Fsp3) is 0.133. The Morgan fingerprint density at radius 2 is 1.74 bits per heavy atom. The van der Waals surface area contributed by atoms with Gasteiger partial charge < -0.3 is 4.52 Å². The highest BCUT2D eigenvalue weighted by molar-refractivity contribution is 7.91. The van der Waals surface area contributed by atoms with Gasteiger partial charge in [-0.05, 0) is 43.3 Å². The quantitative estimate of drug-likeness (QED) is 0.682. The highest BCUT2D eigenvalue weighted by Gasteiger charge is 2.30. The number of hydrogen-bond acceptors (Lipinski definition) is 6. The van der Waals surface area contributed by atoms with Crippen LogP contribution in [0.5, 0.6) is 0 Å². The monoisotopic (exact) mass is 333 g/mol. The van der Waals surface area contributed by atoms with Crippen LogP contribution in [0.25, 0.3) is 11.4 Å². The zero-order valence-corrected chi connectivity index (χ0v) is 12.9. The van der Waals surface area contributed by atoms with E-state index in [4.69, 9.17) is 4.52 Å². The first-order chi connectivity index (χ1) is 11.0. The lowest BCUT2D eigenvalue weighted by molar-refractivity contribution is 0.377. The SMILES string of the molecule is C[C@@H](c1nc(-c2ccncc2)no1)S(=O)(=O)c1ccc(F)cc1. The summed E-state index contributed by atoms with van der Waals surface area (Å²) in [7, 11) is -3.75. The second kappa shape index (κ2) is 5.88. The molecule has 0 saturated carbocycles. The summed E-state index contributed by atoms with van der Waals surface area (Å²) >= 11 is 0. The smallest absolute Gasteiger partial charge is 0.245 e. The molecule has 1 atom stereocenters. The van der Waals surface area contributed by atoms with E-state index in [-0.39, 0.29) is 16.6 Å². The molecular formula is C15H12FN3O3S. The molecule has 118 valence electrons. The molecule has 8 heteroatoms. The van der Waals surface area contributed by atoms with Crippen molar-refractivity contribution >= 4 is 9.84 Å². The lowest BCUT2D eigenvalue weighted by Gasteiger charge is -2.08. The second-order valence-corrected chi connectivity index (χ2v) is 7.10. The molecule has 1 aromatic carbocycles. The van der Waals surface area contributed by atoms with Crippen LogP contribution in [0.4, 0.5) is 4.39 Å². The molecule has 0 saturated heterocycles. The Balaban J connectivity index is 1.93. The predicted molar refractivity (Wildman–Crippen MR) is 79.5 cm³/mol. The van der Waals surface area contributed by atoms with Gasteiger partial charge in [0, 0.05) is 18.0 Å². The maximum Gasteiger partial charge on any atom is 0.245 e. The van der Waals surface area contributed by atoms with E-state index in [1.54, 1.807) is 24.5 Å². The molecule has 0 aliphatic rings. The van der Waals surface area contributed by atoms with Crippen molar-refractivity contribution in [2.24, 2.45) is 0 Å². The largest absolute Gasteiger partial charge is 0.338 e. The van der Waals surface area contributed by atoms with Crippen LogP contribution >= 0.6 is 0 Å². The number of benzene rings is 1. The van der Waals surface area contributed by atoms with E-state index in [2.05, 4.69) is 15.1 Å². The van der Waals surface area contributed by atoms with Crippen LogP contribution in [0, 0.1) is 5.82 Å². The number of aromatic nitrogens is 3. The van der Waals surface area contributed by atoms with Gasteiger partial charge in [-0.25, -0.2) is 12.8 Å². The number of nitrogens with zero attached hydrogens (tertiary/aromatic N) is 3. The molecule has 0 spiro atoms. The summed E-state index contributed by atoms with van der Waals surface area (Å²) in [5.74, 6) is -0.251. The molecular weight excluding hydrogens is 321 g/mol. The fourth-order valence-electron chi connectivity index (χ4n) is 1.98. The minimum atomic E-state index is -3.75. The van der Waals surface area contributed by atoms with Gasteiger partial charge in [0.25, 0.3) is 0 Å². The first kappa shape index (κ1) is 15.3. The fourth-order valence-corrected chi connectivity index (χ4v) is 3.26. The maximum atomic E-state index is 12.9. The molecule has 0 radical (unpaired) electrons. The molecule has 23 heavy (non-hydrogen) atoms. The van der Waals surface area contributed by atoms with Crippen molar-refractivity contribution in [3.8, 4) is 11.4 Å². The normalized spacial score (nSPS) is 13.0. The highest BCUT2D eigenvalue weighted by Crippen LogP contribution is 2.28. The van der Waals surface area contributed by atoms with Crippen molar-refractivity contribution in [2.45, 2.75) is 17.1 Å². The molecule has 2 aromatic heterocycles. The van der Waals surface area contributed by atoms with Crippen LogP contribution in [0.15, 0.2) is 58.2 Å². The molecule has 0 unspecified atom stereocenters. The molecule has 0 bridgehead atoms. The van der Waals surface area contributed by atoms with Crippen LogP contribution in [0.1, 0.15) is 18.1 Å². The Hall–Kier alpha value is -2.61. The Labute approximate surface area is 131 Å².